The molecule has 12 heteroatoms. The molecule has 3 aromatic heterocycles. The molecular formula is C25H25F3N8O. The van der Waals surface area contributed by atoms with Crippen LogP contribution in [0.2, 0.25) is 0 Å². The Morgan fingerprint density at radius 2 is 2.08 bits per heavy atom. The van der Waals surface area contributed by atoms with Crippen LogP contribution < -0.4 is 15.8 Å². The summed E-state index contributed by atoms with van der Waals surface area (Å²) in [6.07, 6.45) is 2.49. The van der Waals surface area contributed by atoms with Crippen LogP contribution in [0.15, 0.2) is 49.2 Å². The number of alkyl halides is 3. The second kappa shape index (κ2) is 10.8. The van der Waals surface area contributed by atoms with E-state index in [2.05, 4.69) is 30.2 Å². The molecule has 1 fully saturated rings. The zero-order valence-electron chi connectivity index (χ0n) is 20.2. The summed E-state index contributed by atoms with van der Waals surface area (Å²) in [4.78, 5) is 18.8. The van der Waals surface area contributed by atoms with Crippen molar-refractivity contribution in [1.29, 1.82) is 5.26 Å². The van der Waals surface area contributed by atoms with Crippen molar-refractivity contribution in [1.82, 2.24) is 24.8 Å². The molecule has 2 atom stereocenters. The van der Waals surface area contributed by atoms with E-state index in [0.29, 0.717) is 12.1 Å². The molecule has 3 aromatic rings. The monoisotopic (exact) mass is 510 g/mol. The number of nitrogens with one attached hydrogen (secondary N) is 1. The first-order valence-electron chi connectivity index (χ1n) is 11.5. The summed E-state index contributed by atoms with van der Waals surface area (Å²) in [5, 5.41) is 12.7. The van der Waals surface area contributed by atoms with Crippen LogP contribution in [-0.4, -0.2) is 51.1 Å². The van der Waals surface area contributed by atoms with E-state index in [1.165, 1.54) is 12.4 Å². The molecule has 192 valence electrons. The van der Waals surface area contributed by atoms with Gasteiger partial charge in [0, 0.05) is 55.1 Å². The lowest BCUT2D eigenvalue weighted by Crippen LogP contribution is -2.21. The number of nitrogens with two attached hydrogens (primary N) is 1. The van der Waals surface area contributed by atoms with Gasteiger partial charge in [0.1, 0.15) is 12.2 Å². The highest BCUT2D eigenvalue weighted by molar-refractivity contribution is 5.80. The number of hydrogen-bond acceptors (Lipinski definition) is 9. The van der Waals surface area contributed by atoms with Gasteiger partial charge in [-0.25, -0.2) is 15.0 Å². The minimum absolute atomic E-state index is 0.0491. The molecule has 9 nitrogen and oxygen atoms in total. The molecule has 0 aromatic carbocycles. The fraction of sp³-hybridized carbons (Fsp3) is 0.320. The molecule has 1 saturated heterocycles. The third kappa shape index (κ3) is 6.13. The molecule has 1 aliphatic rings. The first-order valence-corrected chi connectivity index (χ1v) is 11.5. The number of ether oxygens (including phenoxy) is 1. The van der Waals surface area contributed by atoms with Crippen molar-refractivity contribution in [2.45, 2.75) is 31.7 Å². The Labute approximate surface area is 211 Å². The summed E-state index contributed by atoms with van der Waals surface area (Å²) < 4.78 is 45.5. The van der Waals surface area contributed by atoms with Crippen molar-refractivity contribution in [3.8, 4) is 11.9 Å². The Morgan fingerprint density at radius 3 is 2.70 bits per heavy atom. The van der Waals surface area contributed by atoms with Crippen molar-refractivity contribution in [3.63, 3.8) is 0 Å². The lowest BCUT2D eigenvalue weighted by Gasteiger charge is -2.17. The Bertz CT molecular complexity index is 1320. The molecule has 3 N–H and O–H groups in total. The standard InChI is InChI=1S/C25H25F3N8O/c1-15(16-3-4-22(32-11-16)37-20-5-6-36(2)14-20)34-24-33-12-18(8-29)23(35-24)21(9-30)17-7-19(13-31-10-17)25(26,27)28/h3-4,7,9-13,15,20H,5-6,14,30H2,1-2H3,(H,33,34,35)/b21-9+/t15-,20+/m0/s1. The van der Waals surface area contributed by atoms with Gasteiger partial charge in [-0.3, -0.25) is 4.98 Å². The van der Waals surface area contributed by atoms with Gasteiger partial charge in [-0.1, -0.05) is 6.07 Å². The Kier molecular flexibility index (Phi) is 7.54. The maximum Gasteiger partial charge on any atom is 0.417 e. The minimum atomic E-state index is -4.59. The number of likely N-dealkylation sites (tertiary alicyclic amines) is 1. The highest BCUT2D eigenvalue weighted by atomic mass is 19.4. The smallest absolute Gasteiger partial charge is 0.417 e. The van der Waals surface area contributed by atoms with E-state index in [9.17, 15) is 18.4 Å². The summed E-state index contributed by atoms with van der Waals surface area (Å²) >= 11 is 0. The van der Waals surface area contributed by atoms with E-state index in [0.717, 1.165) is 37.3 Å². The lowest BCUT2D eigenvalue weighted by atomic mass is 10.0. The number of likely N-dealkylation sites (N-methyl/N-ethyl adjacent to an activating group) is 1. The molecule has 0 saturated carbocycles. The summed E-state index contributed by atoms with van der Waals surface area (Å²) in [7, 11) is 2.05. The topological polar surface area (TPSA) is 126 Å². The zero-order valence-corrected chi connectivity index (χ0v) is 20.2. The van der Waals surface area contributed by atoms with Gasteiger partial charge in [0.05, 0.1) is 29.1 Å². The Morgan fingerprint density at radius 1 is 1.27 bits per heavy atom. The summed E-state index contributed by atoms with van der Waals surface area (Å²) in [6.45, 7) is 3.72. The van der Waals surface area contributed by atoms with Crippen LogP contribution in [0.4, 0.5) is 19.1 Å². The largest absolute Gasteiger partial charge is 0.473 e. The average Bonchev–Trinajstić information content (AvgIpc) is 3.29. The quantitative estimate of drug-likeness (QED) is 0.489. The molecule has 1 aliphatic heterocycles. The molecule has 0 bridgehead atoms. The van der Waals surface area contributed by atoms with Gasteiger partial charge in [0.25, 0.3) is 0 Å². The molecule has 37 heavy (non-hydrogen) atoms. The molecule has 4 heterocycles. The van der Waals surface area contributed by atoms with Crippen LogP contribution in [0, 0.1) is 11.3 Å². The number of hydrogen-bond donors (Lipinski definition) is 2. The van der Waals surface area contributed by atoms with E-state index < -0.39 is 11.7 Å². The Balaban J connectivity index is 1.53. The third-order valence-corrected chi connectivity index (χ3v) is 5.95. The number of nitriles is 1. The van der Waals surface area contributed by atoms with Gasteiger partial charge in [-0.2, -0.15) is 18.4 Å². The van der Waals surface area contributed by atoms with Crippen molar-refractivity contribution >= 4 is 11.5 Å². The van der Waals surface area contributed by atoms with Gasteiger partial charge in [-0.15, -0.1) is 0 Å². The minimum Gasteiger partial charge on any atom is -0.473 e. The van der Waals surface area contributed by atoms with Gasteiger partial charge < -0.3 is 20.7 Å². The van der Waals surface area contributed by atoms with E-state index in [4.69, 9.17) is 10.5 Å². The highest BCUT2D eigenvalue weighted by Gasteiger charge is 2.31. The fourth-order valence-corrected chi connectivity index (χ4v) is 3.95. The van der Waals surface area contributed by atoms with Gasteiger partial charge in [-0.05, 0) is 32.0 Å². The first-order chi connectivity index (χ1) is 17.7. The van der Waals surface area contributed by atoms with Crippen LogP contribution in [0.1, 0.15) is 47.3 Å². The summed E-state index contributed by atoms with van der Waals surface area (Å²) in [5.41, 5.74) is 5.97. The van der Waals surface area contributed by atoms with Crippen LogP contribution in [0.3, 0.4) is 0 Å². The van der Waals surface area contributed by atoms with Crippen LogP contribution >= 0.6 is 0 Å². The molecule has 0 unspecified atom stereocenters. The second-order valence-electron chi connectivity index (χ2n) is 8.69. The number of pyridine rings is 2. The molecule has 0 amide bonds. The number of anilines is 1. The SMILES string of the molecule is C[C@H](Nc1ncc(C#N)c(/C(=C/N)c2cncc(C(F)(F)F)c2)n1)c1ccc(O[C@@H]2CCN(C)C2)nc1. The van der Waals surface area contributed by atoms with E-state index in [1.54, 1.807) is 12.3 Å². The molecule has 0 aliphatic carbocycles. The fourth-order valence-electron chi connectivity index (χ4n) is 3.95. The normalized spacial score (nSPS) is 17.3. The van der Waals surface area contributed by atoms with Crippen LogP contribution in [-0.2, 0) is 6.18 Å². The molecule has 0 radical (unpaired) electrons. The zero-order chi connectivity index (χ0) is 26.6. The van der Waals surface area contributed by atoms with Gasteiger partial charge in [0.2, 0.25) is 11.8 Å². The van der Waals surface area contributed by atoms with Crippen molar-refractivity contribution < 1.29 is 17.9 Å². The third-order valence-electron chi connectivity index (χ3n) is 5.95. The lowest BCUT2D eigenvalue weighted by molar-refractivity contribution is -0.137. The second-order valence-corrected chi connectivity index (χ2v) is 8.69. The van der Waals surface area contributed by atoms with E-state index in [-0.39, 0.29) is 40.5 Å². The predicted molar refractivity (Wildman–Crippen MR) is 130 cm³/mol. The molecule has 0 spiro atoms. The van der Waals surface area contributed by atoms with E-state index in [1.807, 2.05) is 26.1 Å². The van der Waals surface area contributed by atoms with Gasteiger partial charge >= 0.3 is 6.18 Å². The van der Waals surface area contributed by atoms with Crippen molar-refractivity contribution in [2.75, 3.05) is 25.5 Å². The molecule has 4 rings (SSSR count). The number of rotatable bonds is 7. The Hall–Kier alpha value is -4.24. The maximum atomic E-state index is 13.2. The summed E-state index contributed by atoms with van der Waals surface area (Å²) in [5.74, 6) is 0.704. The average molecular weight is 511 g/mol. The van der Waals surface area contributed by atoms with Crippen molar-refractivity contribution in [3.05, 3.63) is 77.1 Å². The summed E-state index contributed by atoms with van der Waals surface area (Å²) in [6, 6.07) is 6.26. The number of nitrogens with zero attached hydrogens (tertiary/aromatic N) is 6. The predicted octanol–water partition coefficient (Wildman–Crippen LogP) is 3.76. The van der Waals surface area contributed by atoms with Crippen LogP contribution in [0.5, 0.6) is 5.88 Å². The van der Waals surface area contributed by atoms with Crippen molar-refractivity contribution in [2.24, 2.45) is 5.73 Å². The maximum absolute atomic E-state index is 13.2. The van der Waals surface area contributed by atoms with Crippen LogP contribution in [0.25, 0.3) is 5.57 Å². The number of aromatic nitrogens is 4. The van der Waals surface area contributed by atoms with E-state index >= 15 is 0 Å². The number of halogens is 3. The van der Waals surface area contributed by atoms with Gasteiger partial charge in [0.15, 0.2) is 0 Å². The highest BCUT2D eigenvalue weighted by Crippen LogP contribution is 2.32. The first kappa shape index (κ1) is 25.8. The molecular weight excluding hydrogens is 485 g/mol.